The number of aromatic amines is 1. The second-order valence-electron chi connectivity index (χ2n) is 10.5. The van der Waals surface area contributed by atoms with Crippen LogP contribution in [0.5, 0.6) is 5.88 Å². The number of carbonyl (C=O) groups is 2. The minimum absolute atomic E-state index is 0.115. The van der Waals surface area contributed by atoms with Crippen molar-refractivity contribution >= 4 is 34.2 Å². The highest BCUT2D eigenvalue weighted by atomic mass is 16.7. The predicted octanol–water partition coefficient (Wildman–Crippen LogP) is 4.35. The summed E-state index contributed by atoms with van der Waals surface area (Å²) in [4.78, 5) is 40.4. The Labute approximate surface area is 244 Å². The Morgan fingerprint density at radius 3 is 2.52 bits per heavy atom. The zero-order valence-electron chi connectivity index (χ0n) is 23.9. The Hall–Kier alpha value is -4.51. The number of piperazine rings is 1. The van der Waals surface area contributed by atoms with E-state index < -0.39 is 5.97 Å². The van der Waals surface area contributed by atoms with Gasteiger partial charge >= 0.3 is 5.97 Å². The molecule has 218 valence electrons. The molecule has 0 unspecified atom stereocenters. The van der Waals surface area contributed by atoms with Crippen molar-refractivity contribution in [2.75, 3.05) is 39.8 Å². The molecule has 1 aliphatic heterocycles. The normalized spacial score (nSPS) is 16.1. The standard InChI is InChI=1S/C32H35N5O5/c1-20-17-26-27(18-25(20)32(40)41)35-30(38)28(26)29(22-7-5-4-6-8-22)34-24-11-9-23(10-12-24)31(39)36(3)42-16-15-37-14-13-33-21(2)19-37/h4-12,17-18,21,33,35,38H,13-16,19H2,1-3H3,(H,40,41)/t21-/m0/s1. The van der Waals surface area contributed by atoms with E-state index in [9.17, 15) is 19.8 Å². The van der Waals surface area contributed by atoms with Gasteiger partial charge in [0.25, 0.3) is 5.91 Å². The summed E-state index contributed by atoms with van der Waals surface area (Å²) in [6, 6.07) is 20.0. The molecule has 1 aromatic heterocycles. The number of H-pyrrole nitrogens is 1. The number of hydroxylamine groups is 2. The van der Waals surface area contributed by atoms with Crippen LogP contribution in [0.2, 0.25) is 0 Å². The number of nitrogens with one attached hydrogen (secondary N) is 2. The van der Waals surface area contributed by atoms with Gasteiger partial charge in [-0.25, -0.2) is 14.9 Å². The van der Waals surface area contributed by atoms with Gasteiger partial charge in [0.15, 0.2) is 5.88 Å². The van der Waals surface area contributed by atoms with Gasteiger partial charge in [-0.15, -0.1) is 0 Å². The number of aromatic hydroxyl groups is 1. The summed E-state index contributed by atoms with van der Waals surface area (Å²) in [5, 5.41) is 25.8. The van der Waals surface area contributed by atoms with Crippen molar-refractivity contribution in [3.63, 3.8) is 0 Å². The average Bonchev–Trinajstić information content (AvgIpc) is 3.29. The molecule has 1 aliphatic rings. The number of carboxylic acid groups (broad SMARTS) is 1. The molecule has 42 heavy (non-hydrogen) atoms. The van der Waals surface area contributed by atoms with Crippen LogP contribution in [0.1, 0.15) is 44.3 Å². The molecule has 2 heterocycles. The highest BCUT2D eigenvalue weighted by Gasteiger charge is 2.21. The average molecular weight is 570 g/mol. The van der Waals surface area contributed by atoms with Crippen molar-refractivity contribution < 1.29 is 24.6 Å². The molecule has 1 saturated heterocycles. The van der Waals surface area contributed by atoms with E-state index in [-0.39, 0.29) is 17.4 Å². The molecule has 1 fully saturated rings. The van der Waals surface area contributed by atoms with Gasteiger partial charge in [0, 0.05) is 61.3 Å². The van der Waals surface area contributed by atoms with Gasteiger partial charge in [0.2, 0.25) is 0 Å². The van der Waals surface area contributed by atoms with Gasteiger partial charge in [-0.3, -0.25) is 14.5 Å². The molecule has 3 aromatic carbocycles. The Bertz CT molecular complexity index is 1610. The molecule has 0 spiro atoms. The molecule has 0 saturated carbocycles. The largest absolute Gasteiger partial charge is 0.494 e. The van der Waals surface area contributed by atoms with Crippen molar-refractivity contribution in [2.45, 2.75) is 19.9 Å². The van der Waals surface area contributed by atoms with Crippen LogP contribution in [0.4, 0.5) is 5.69 Å². The second-order valence-corrected chi connectivity index (χ2v) is 10.5. The van der Waals surface area contributed by atoms with E-state index in [0.717, 1.165) is 31.7 Å². The SMILES string of the molecule is Cc1cc2c(C(=Nc3ccc(C(=O)N(C)OCCN4CCN[C@@H](C)C4)cc3)c3ccccc3)c(O)[nH]c2cc1C(=O)O. The van der Waals surface area contributed by atoms with Crippen LogP contribution < -0.4 is 5.32 Å². The van der Waals surface area contributed by atoms with Crippen LogP contribution in [-0.4, -0.2) is 88.6 Å². The minimum atomic E-state index is -1.04. The minimum Gasteiger partial charge on any atom is -0.494 e. The van der Waals surface area contributed by atoms with Gasteiger partial charge in [0.1, 0.15) is 0 Å². The number of rotatable bonds is 9. The highest BCUT2D eigenvalue weighted by Crippen LogP contribution is 2.33. The molecule has 0 bridgehead atoms. The number of hydrogen-bond acceptors (Lipinski definition) is 7. The molecule has 4 aromatic rings. The Morgan fingerprint density at radius 1 is 1.10 bits per heavy atom. The summed E-state index contributed by atoms with van der Waals surface area (Å²) >= 11 is 0. The summed E-state index contributed by atoms with van der Waals surface area (Å²) in [5.74, 6) is -1.42. The van der Waals surface area contributed by atoms with Crippen molar-refractivity contribution in [1.29, 1.82) is 0 Å². The van der Waals surface area contributed by atoms with Crippen molar-refractivity contribution in [3.05, 3.63) is 94.5 Å². The Balaban J connectivity index is 1.38. The number of aromatic carboxylic acids is 1. The van der Waals surface area contributed by atoms with E-state index in [1.807, 2.05) is 30.3 Å². The fourth-order valence-electron chi connectivity index (χ4n) is 5.24. The zero-order valence-corrected chi connectivity index (χ0v) is 23.9. The third-order valence-electron chi connectivity index (χ3n) is 7.42. The molecule has 1 atom stereocenters. The molecule has 10 nitrogen and oxygen atoms in total. The third kappa shape index (κ3) is 6.36. The highest BCUT2D eigenvalue weighted by molar-refractivity contribution is 6.22. The number of hydrogen-bond donors (Lipinski definition) is 4. The zero-order chi connectivity index (χ0) is 29.8. The number of aliphatic imine (C=N–C) groups is 1. The number of aryl methyl sites for hydroxylation is 1. The number of nitrogens with zero attached hydrogens (tertiary/aromatic N) is 3. The van der Waals surface area contributed by atoms with Crippen LogP contribution in [-0.2, 0) is 4.84 Å². The lowest BCUT2D eigenvalue weighted by Crippen LogP contribution is -2.50. The summed E-state index contributed by atoms with van der Waals surface area (Å²) in [7, 11) is 1.61. The number of carboxylic acids is 1. The summed E-state index contributed by atoms with van der Waals surface area (Å²) in [5.41, 5.74) is 3.98. The van der Waals surface area contributed by atoms with Crippen LogP contribution in [0.15, 0.2) is 71.7 Å². The van der Waals surface area contributed by atoms with Crippen molar-refractivity contribution in [2.24, 2.45) is 4.99 Å². The Kier molecular flexibility index (Phi) is 8.67. The number of benzene rings is 3. The van der Waals surface area contributed by atoms with E-state index >= 15 is 0 Å². The number of fused-ring (bicyclic) bond motifs is 1. The molecule has 0 aliphatic carbocycles. The molecular weight excluding hydrogens is 534 g/mol. The van der Waals surface area contributed by atoms with Crippen LogP contribution in [0.25, 0.3) is 10.9 Å². The van der Waals surface area contributed by atoms with E-state index in [0.29, 0.717) is 51.6 Å². The first kappa shape index (κ1) is 29.0. The summed E-state index contributed by atoms with van der Waals surface area (Å²) in [6.07, 6.45) is 0. The lowest BCUT2D eigenvalue weighted by Gasteiger charge is -2.31. The van der Waals surface area contributed by atoms with Gasteiger partial charge in [-0.05, 0) is 55.8 Å². The molecule has 1 amide bonds. The summed E-state index contributed by atoms with van der Waals surface area (Å²) < 4.78 is 0. The molecule has 4 N–H and O–H groups in total. The van der Waals surface area contributed by atoms with Crippen LogP contribution >= 0.6 is 0 Å². The molecule has 0 radical (unpaired) electrons. The van der Waals surface area contributed by atoms with E-state index in [1.54, 1.807) is 44.3 Å². The van der Waals surface area contributed by atoms with Gasteiger partial charge in [-0.2, -0.15) is 0 Å². The number of aromatic nitrogens is 1. The van der Waals surface area contributed by atoms with Crippen molar-refractivity contribution in [3.8, 4) is 5.88 Å². The van der Waals surface area contributed by atoms with E-state index in [4.69, 9.17) is 9.83 Å². The second kappa shape index (κ2) is 12.6. The number of carbonyl (C=O) groups excluding carboxylic acids is 1. The molecule has 5 rings (SSSR count). The van der Waals surface area contributed by atoms with Crippen LogP contribution in [0, 0.1) is 6.92 Å². The fraction of sp³-hybridized carbons (Fsp3) is 0.281. The first-order valence-corrected chi connectivity index (χ1v) is 13.9. The third-order valence-corrected chi connectivity index (χ3v) is 7.42. The lowest BCUT2D eigenvalue weighted by molar-refractivity contribution is -0.110. The van der Waals surface area contributed by atoms with E-state index in [2.05, 4.69) is 22.1 Å². The first-order chi connectivity index (χ1) is 20.2. The van der Waals surface area contributed by atoms with Gasteiger partial charge in [-0.1, -0.05) is 30.3 Å². The maximum atomic E-state index is 13.0. The maximum absolute atomic E-state index is 13.0. The Morgan fingerprint density at radius 2 is 1.83 bits per heavy atom. The van der Waals surface area contributed by atoms with Gasteiger partial charge in [0.05, 0.1) is 29.1 Å². The summed E-state index contributed by atoms with van der Waals surface area (Å²) in [6.45, 7) is 7.89. The first-order valence-electron chi connectivity index (χ1n) is 13.9. The quantitative estimate of drug-likeness (QED) is 0.174. The van der Waals surface area contributed by atoms with Crippen LogP contribution in [0.3, 0.4) is 0 Å². The topological polar surface area (TPSA) is 130 Å². The maximum Gasteiger partial charge on any atom is 0.336 e. The monoisotopic (exact) mass is 569 g/mol. The predicted molar refractivity (Wildman–Crippen MR) is 162 cm³/mol. The number of amides is 1. The molecular formula is C32H35N5O5. The molecule has 10 heteroatoms. The van der Waals surface area contributed by atoms with E-state index in [1.165, 1.54) is 11.1 Å². The lowest BCUT2D eigenvalue weighted by atomic mass is 9.98. The van der Waals surface area contributed by atoms with Crippen molar-refractivity contribution in [1.82, 2.24) is 20.3 Å². The van der Waals surface area contributed by atoms with Gasteiger partial charge < -0.3 is 20.5 Å². The fourth-order valence-corrected chi connectivity index (χ4v) is 5.24. The smallest absolute Gasteiger partial charge is 0.336 e.